The maximum Gasteiger partial charge on any atom is 0.320 e. The summed E-state index contributed by atoms with van der Waals surface area (Å²) >= 11 is 1.46. The molecule has 1 aromatic carbocycles. The first-order valence-electron chi connectivity index (χ1n) is 10.5. The Kier molecular flexibility index (Phi) is 3.90. The van der Waals surface area contributed by atoms with Crippen molar-refractivity contribution in [3.63, 3.8) is 0 Å². The van der Waals surface area contributed by atoms with Gasteiger partial charge in [-0.25, -0.2) is 4.79 Å². The van der Waals surface area contributed by atoms with Crippen LogP contribution in [0.25, 0.3) is 10.1 Å². The molecular weight excluding hydrogens is 386 g/mol. The second-order valence-corrected chi connectivity index (χ2v) is 9.92. The average molecular weight is 412 g/mol. The molecule has 5 heterocycles. The van der Waals surface area contributed by atoms with E-state index in [0.717, 1.165) is 74.3 Å². The van der Waals surface area contributed by atoms with E-state index in [1.54, 1.807) is 0 Å². The predicted molar refractivity (Wildman–Crippen MR) is 112 cm³/mol. The molecule has 1 unspecified atom stereocenters. The Morgan fingerprint density at radius 3 is 2.79 bits per heavy atom. The molecule has 7 nitrogen and oxygen atoms in total. The topological polar surface area (TPSA) is 68.8 Å². The Hall–Kier alpha value is -2.19. The molecule has 4 saturated heterocycles. The molecule has 2 bridgehead atoms. The van der Waals surface area contributed by atoms with Crippen LogP contribution in [0.2, 0.25) is 0 Å². The lowest BCUT2D eigenvalue weighted by Crippen LogP contribution is -2.59. The third kappa shape index (κ3) is 2.92. The van der Waals surface area contributed by atoms with Crippen molar-refractivity contribution >= 4 is 39.2 Å². The third-order valence-corrected chi connectivity index (χ3v) is 8.09. The SMILES string of the molecule is O=C(Nc1ccc2sncc2c1)C1CC12CN(C(=O)N1CCN3CCC1CC3)C2. The van der Waals surface area contributed by atoms with E-state index in [-0.39, 0.29) is 23.3 Å². The highest BCUT2D eigenvalue weighted by atomic mass is 32.1. The van der Waals surface area contributed by atoms with Gasteiger partial charge in [0.15, 0.2) is 0 Å². The van der Waals surface area contributed by atoms with Gasteiger partial charge in [-0.2, -0.15) is 4.37 Å². The fourth-order valence-electron chi connectivity index (χ4n) is 5.42. The lowest BCUT2D eigenvalue weighted by molar-refractivity contribution is -0.119. The number of rotatable bonds is 2. The van der Waals surface area contributed by atoms with Crippen molar-refractivity contribution in [2.75, 3.05) is 44.6 Å². The molecule has 1 aromatic heterocycles. The number of carbonyl (C=O) groups is 2. The quantitative estimate of drug-likeness (QED) is 0.824. The normalized spacial score (nSPS) is 29.6. The van der Waals surface area contributed by atoms with Gasteiger partial charge in [-0.1, -0.05) is 0 Å². The summed E-state index contributed by atoms with van der Waals surface area (Å²) in [6.45, 7) is 5.53. The summed E-state index contributed by atoms with van der Waals surface area (Å²) in [5, 5.41) is 4.12. The van der Waals surface area contributed by atoms with E-state index in [1.165, 1.54) is 11.5 Å². The van der Waals surface area contributed by atoms with Crippen molar-refractivity contribution < 1.29 is 9.59 Å². The summed E-state index contributed by atoms with van der Waals surface area (Å²) in [5.74, 6) is 0.106. The van der Waals surface area contributed by atoms with Crippen LogP contribution in [0.1, 0.15) is 19.3 Å². The van der Waals surface area contributed by atoms with Gasteiger partial charge in [0.1, 0.15) is 0 Å². The molecule has 5 aliphatic rings. The largest absolute Gasteiger partial charge is 0.326 e. The average Bonchev–Trinajstić information content (AvgIpc) is 3.40. The molecule has 1 atom stereocenters. The van der Waals surface area contributed by atoms with Gasteiger partial charge >= 0.3 is 6.03 Å². The first-order valence-corrected chi connectivity index (χ1v) is 11.3. The zero-order valence-corrected chi connectivity index (χ0v) is 17.2. The van der Waals surface area contributed by atoms with Gasteiger partial charge in [-0.3, -0.25) is 4.79 Å². The lowest BCUT2D eigenvalue weighted by Gasteiger charge is -2.44. The monoisotopic (exact) mass is 411 g/mol. The van der Waals surface area contributed by atoms with E-state index >= 15 is 0 Å². The van der Waals surface area contributed by atoms with Gasteiger partial charge in [0.05, 0.1) is 4.70 Å². The molecule has 1 N–H and O–H groups in total. The summed E-state index contributed by atoms with van der Waals surface area (Å²) in [7, 11) is 0. The Balaban J connectivity index is 1.06. The number of urea groups is 1. The number of likely N-dealkylation sites (tertiary alicyclic amines) is 1. The number of aromatic nitrogens is 1. The van der Waals surface area contributed by atoms with E-state index in [1.807, 2.05) is 29.3 Å². The van der Waals surface area contributed by atoms with Crippen molar-refractivity contribution in [2.24, 2.45) is 11.3 Å². The lowest BCUT2D eigenvalue weighted by atomic mass is 9.93. The molecule has 29 heavy (non-hydrogen) atoms. The van der Waals surface area contributed by atoms with Crippen molar-refractivity contribution in [3.05, 3.63) is 24.4 Å². The van der Waals surface area contributed by atoms with Gasteiger partial charge in [-0.15, -0.1) is 0 Å². The number of carbonyl (C=O) groups excluding carboxylic acids is 2. The fourth-order valence-corrected chi connectivity index (χ4v) is 6.04. The smallest absolute Gasteiger partial charge is 0.320 e. The maximum atomic E-state index is 13.0. The Morgan fingerprint density at radius 2 is 1.97 bits per heavy atom. The van der Waals surface area contributed by atoms with Crippen LogP contribution in [-0.2, 0) is 4.79 Å². The summed E-state index contributed by atoms with van der Waals surface area (Å²) in [4.78, 5) is 32.3. The third-order valence-electron chi connectivity index (χ3n) is 7.31. The minimum atomic E-state index is 0.0152. The highest BCUT2D eigenvalue weighted by molar-refractivity contribution is 7.13. The summed E-state index contributed by atoms with van der Waals surface area (Å²) < 4.78 is 5.31. The van der Waals surface area contributed by atoms with Crippen LogP contribution in [0.4, 0.5) is 10.5 Å². The molecule has 3 amide bonds. The molecule has 1 aliphatic carbocycles. The number of benzene rings is 1. The molecular formula is C21H25N5O2S. The zero-order chi connectivity index (χ0) is 19.6. The number of piperidine rings is 1. The van der Waals surface area contributed by atoms with Crippen LogP contribution in [0.5, 0.6) is 0 Å². The van der Waals surface area contributed by atoms with Gasteiger partial charge in [0.2, 0.25) is 5.91 Å². The number of nitrogens with zero attached hydrogens (tertiary/aromatic N) is 4. The number of hydrogen-bond donors (Lipinski definition) is 1. The minimum Gasteiger partial charge on any atom is -0.326 e. The summed E-state index contributed by atoms with van der Waals surface area (Å²) in [6.07, 6.45) is 4.91. The predicted octanol–water partition coefficient (Wildman–Crippen LogP) is 2.46. The van der Waals surface area contributed by atoms with E-state index in [0.29, 0.717) is 6.04 Å². The van der Waals surface area contributed by atoms with Gasteiger partial charge in [0, 0.05) is 73.9 Å². The Labute approximate surface area is 173 Å². The van der Waals surface area contributed by atoms with E-state index in [4.69, 9.17) is 0 Å². The molecule has 2 aromatic rings. The van der Waals surface area contributed by atoms with E-state index in [9.17, 15) is 9.59 Å². The fraction of sp³-hybridized carbons (Fsp3) is 0.571. The highest BCUT2D eigenvalue weighted by Gasteiger charge is 2.65. The standard InChI is InChI=1S/C21H25N5O2S/c27-19(23-15-1-2-18-14(9-15)11-22-29-18)17-10-21(17)12-25(13-21)20(28)26-8-7-24-5-3-16(26)4-6-24/h1-2,9,11,16-17H,3-8,10,12-13H2,(H,23,27). The molecule has 7 rings (SSSR count). The molecule has 1 spiro atoms. The zero-order valence-electron chi connectivity index (χ0n) is 16.3. The van der Waals surface area contributed by atoms with Crippen LogP contribution >= 0.6 is 11.5 Å². The number of anilines is 1. The minimum absolute atomic E-state index is 0.0152. The number of amides is 3. The molecule has 5 fully saturated rings. The number of nitrogens with one attached hydrogen (secondary N) is 1. The molecule has 4 aliphatic heterocycles. The first-order chi connectivity index (χ1) is 14.1. The summed E-state index contributed by atoms with van der Waals surface area (Å²) in [6, 6.07) is 6.50. The molecule has 0 radical (unpaired) electrons. The van der Waals surface area contributed by atoms with E-state index in [2.05, 4.69) is 19.5 Å². The van der Waals surface area contributed by atoms with Crippen LogP contribution in [0.3, 0.4) is 0 Å². The first kappa shape index (κ1) is 17.7. The number of fused-ring (bicyclic) bond motifs is 5. The second kappa shape index (κ2) is 6.40. The van der Waals surface area contributed by atoms with Crippen molar-refractivity contribution in [2.45, 2.75) is 25.3 Å². The summed E-state index contributed by atoms with van der Waals surface area (Å²) in [5.41, 5.74) is 0.841. The van der Waals surface area contributed by atoms with Gasteiger partial charge < -0.3 is 20.0 Å². The molecule has 152 valence electrons. The van der Waals surface area contributed by atoms with Crippen LogP contribution in [0.15, 0.2) is 24.4 Å². The van der Waals surface area contributed by atoms with Crippen LogP contribution in [0, 0.1) is 11.3 Å². The van der Waals surface area contributed by atoms with Crippen LogP contribution in [-0.4, -0.2) is 76.3 Å². The Morgan fingerprint density at radius 1 is 1.14 bits per heavy atom. The Bertz CT molecular complexity index is 976. The number of hydrogen-bond acceptors (Lipinski definition) is 5. The van der Waals surface area contributed by atoms with Crippen molar-refractivity contribution in [1.29, 1.82) is 0 Å². The van der Waals surface area contributed by atoms with Gasteiger partial charge in [-0.05, 0) is 49.0 Å². The van der Waals surface area contributed by atoms with E-state index < -0.39 is 0 Å². The van der Waals surface area contributed by atoms with Gasteiger partial charge in [0.25, 0.3) is 0 Å². The molecule has 8 heteroatoms. The van der Waals surface area contributed by atoms with Crippen molar-refractivity contribution in [3.8, 4) is 0 Å². The second-order valence-electron chi connectivity index (χ2n) is 9.09. The van der Waals surface area contributed by atoms with Crippen LogP contribution < -0.4 is 5.32 Å². The highest BCUT2D eigenvalue weighted by Crippen LogP contribution is 2.59. The maximum absolute atomic E-state index is 13.0. The van der Waals surface area contributed by atoms with Crippen molar-refractivity contribution in [1.82, 2.24) is 19.1 Å². The molecule has 1 saturated carbocycles.